The first-order valence-corrected chi connectivity index (χ1v) is 7.96. The van der Waals surface area contributed by atoms with Crippen LogP contribution in [0.1, 0.15) is 18.5 Å². The predicted molar refractivity (Wildman–Crippen MR) is 92.4 cm³/mol. The monoisotopic (exact) mass is 330 g/mol. The average molecular weight is 330 g/mol. The third-order valence-corrected chi connectivity index (χ3v) is 3.65. The Bertz CT molecular complexity index is 632. The predicted octanol–water partition coefficient (Wildman–Crippen LogP) is 3.01. The number of ether oxygens (including phenoxy) is 1. The van der Waals surface area contributed by atoms with E-state index in [0.717, 1.165) is 5.56 Å². The van der Waals surface area contributed by atoms with Crippen molar-refractivity contribution in [2.24, 2.45) is 0 Å². The van der Waals surface area contributed by atoms with Gasteiger partial charge in [0.2, 0.25) is 5.91 Å². The number of benzene rings is 2. The quantitative estimate of drug-likeness (QED) is 0.809. The van der Waals surface area contributed by atoms with Crippen LogP contribution in [0.2, 0.25) is 0 Å². The highest BCUT2D eigenvalue weighted by Crippen LogP contribution is 2.11. The van der Waals surface area contributed by atoms with E-state index in [9.17, 15) is 9.18 Å². The maximum absolute atomic E-state index is 12.8. The molecule has 0 saturated carbocycles. The number of hydrogen-bond acceptors (Lipinski definition) is 3. The van der Waals surface area contributed by atoms with Crippen LogP contribution >= 0.6 is 0 Å². The number of nitrogens with zero attached hydrogens (tertiary/aromatic N) is 1. The number of rotatable bonds is 8. The zero-order chi connectivity index (χ0) is 17.4. The van der Waals surface area contributed by atoms with E-state index in [1.807, 2.05) is 49.2 Å². The van der Waals surface area contributed by atoms with Crippen LogP contribution in [0.3, 0.4) is 0 Å². The van der Waals surface area contributed by atoms with Crippen LogP contribution in [0, 0.1) is 5.82 Å². The summed E-state index contributed by atoms with van der Waals surface area (Å²) in [5.74, 6) is 0.297. The molecule has 128 valence electrons. The molecule has 2 aromatic carbocycles. The largest absolute Gasteiger partial charge is 0.492 e. The van der Waals surface area contributed by atoms with E-state index in [1.54, 1.807) is 12.1 Å². The molecule has 0 aliphatic heterocycles. The molecule has 0 aromatic heterocycles. The summed E-state index contributed by atoms with van der Waals surface area (Å²) < 4.78 is 18.3. The molecular formula is C19H23FN2O2. The van der Waals surface area contributed by atoms with Gasteiger partial charge in [-0.05, 0) is 43.8 Å². The Labute approximate surface area is 142 Å². The van der Waals surface area contributed by atoms with Gasteiger partial charge in [0.25, 0.3) is 0 Å². The lowest BCUT2D eigenvalue weighted by Crippen LogP contribution is -2.38. The van der Waals surface area contributed by atoms with Crippen LogP contribution in [0.15, 0.2) is 54.6 Å². The van der Waals surface area contributed by atoms with Crippen molar-refractivity contribution in [2.75, 3.05) is 26.7 Å². The van der Waals surface area contributed by atoms with Crippen LogP contribution in [0.4, 0.5) is 4.39 Å². The summed E-state index contributed by atoms with van der Waals surface area (Å²) in [4.78, 5) is 14.0. The van der Waals surface area contributed by atoms with E-state index in [-0.39, 0.29) is 17.8 Å². The maximum atomic E-state index is 12.8. The van der Waals surface area contributed by atoms with Crippen molar-refractivity contribution in [1.82, 2.24) is 10.2 Å². The lowest BCUT2D eigenvalue weighted by molar-refractivity contribution is -0.122. The van der Waals surface area contributed by atoms with Crippen molar-refractivity contribution in [2.45, 2.75) is 13.0 Å². The highest BCUT2D eigenvalue weighted by molar-refractivity contribution is 5.78. The van der Waals surface area contributed by atoms with E-state index in [4.69, 9.17) is 4.74 Å². The Hall–Kier alpha value is -2.40. The lowest BCUT2D eigenvalue weighted by atomic mass is 10.1. The van der Waals surface area contributed by atoms with Gasteiger partial charge in [-0.15, -0.1) is 0 Å². The summed E-state index contributed by atoms with van der Waals surface area (Å²) in [7, 11) is 1.86. The molecule has 0 unspecified atom stereocenters. The van der Waals surface area contributed by atoms with E-state index in [2.05, 4.69) is 5.32 Å². The molecule has 2 aromatic rings. The lowest BCUT2D eigenvalue weighted by Gasteiger charge is -2.19. The fourth-order valence-electron chi connectivity index (χ4n) is 2.29. The minimum Gasteiger partial charge on any atom is -0.492 e. The van der Waals surface area contributed by atoms with E-state index >= 15 is 0 Å². The van der Waals surface area contributed by atoms with Gasteiger partial charge in [-0.2, -0.15) is 0 Å². The number of carbonyl (C=O) groups excluding carboxylic acids is 1. The van der Waals surface area contributed by atoms with Crippen molar-refractivity contribution in [3.8, 4) is 5.75 Å². The molecule has 1 N–H and O–H groups in total. The summed E-state index contributed by atoms with van der Waals surface area (Å²) >= 11 is 0. The fourth-order valence-corrected chi connectivity index (χ4v) is 2.29. The third kappa shape index (κ3) is 6.01. The molecular weight excluding hydrogens is 307 g/mol. The number of carbonyl (C=O) groups is 1. The van der Waals surface area contributed by atoms with Gasteiger partial charge in [0.05, 0.1) is 12.6 Å². The van der Waals surface area contributed by atoms with Crippen molar-refractivity contribution in [3.05, 3.63) is 66.0 Å². The summed E-state index contributed by atoms with van der Waals surface area (Å²) in [6, 6.07) is 15.7. The van der Waals surface area contributed by atoms with Crippen LogP contribution in [0.25, 0.3) is 0 Å². The SMILES string of the molecule is C[C@H](NC(=O)CN(C)CCOc1ccc(F)cc1)c1ccccc1. The minimum atomic E-state index is -0.288. The second-order valence-electron chi connectivity index (χ2n) is 5.74. The molecule has 5 heteroatoms. The first kappa shape index (κ1) is 17.9. The van der Waals surface area contributed by atoms with Crippen molar-refractivity contribution in [1.29, 1.82) is 0 Å². The first-order valence-electron chi connectivity index (χ1n) is 7.96. The second kappa shape index (κ2) is 9.03. The van der Waals surface area contributed by atoms with E-state index in [1.165, 1.54) is 12.1 Å². The Morgan fingerprint density at radius 3 is 2.50 bits per heavy atom. The van der Waals surface area contributed by atoms with Gasteiger partial charge in [-0.25, -0.2) is 4.39 Å². The van der Waals surface area contributed by atoms with Crippen LogP contribution in [-0.2, 0) is 4.79 Å². The van der Waals surface area contributed by atoms with Gasteiger partial charge in [0.1, 0.15) is 18.2 Å². The number of hydrogen-bond donors (Lipinski definition) is 1. The standard InChI is InChI=1S/C19H23FN2O2/c1-15(16-6-4-3-5-7-16)21-19(23)14-22(2)12-13-24-18-10-8-17(20)9-11-18/h3-11,15H,12-14H2,1-2H3,(H,21,23)/t15-/m0/s1. The zero-order valence-corrected chi connectivity index (χ0v) is 14.0. The molecule has 0 aliphatic rings. The average Bonchev–Trinajstić information content (AvgIpc) is 2.57. The Kier molecular flexibility index (Phi) is 6.75. The molecule has 1 atom stereocenters. The van der Waals surface area contributed by atoms with E-state index in [0.29, 0.717) is 25.4 Å². The smallest absolute Gasteiger partial charge is 0.234 e. The maximum Gasteiger partial charge on any atom is 0.234 e. The van der Waals surface area contributed by atoms with Crippen LogP contribution < -0.4 is 10.1 Å². The fraction of sp³-hybridized carbons (Fsp3) is 0.316. The Morgan fingerprint density at radius 1 is 1.17 bits per heavy atom. The molecule has 0 bridgehead atoms. The topological polar surface area (TPSA) is 41.6 Å². The highest BCUT2D eigenvalue weighted by Gasteiger charge is 2.11. The van der Waals surface area contributed by atoms with E-state index < -0.39 is 0 Å². The summed E-state index contributed by atoms with van der Waals surface area (Å²) in [6.07, 6.45) is 0. The van der Waals surface area contributed by atoms with Gasteiger partial charge in [-0.1, -0.05) is 30.3 Å². The molecule has 0 fully saturated rings. The van der Waals surface area contributed by atoms with Gasteiger partial charge in [-0.3, -0.25) is 9.69 Å². The van der Waals surface area contributed by atoms with Crippen molar-refractivity contribution in [3.63, 3.8) is 0 Å². The molecule has 24 heavy (non-hydrogen) atoms. The highest BCUT2D eigenvalue weighted by atomic mass is 19.1. The number of halogens is 1. The zero-order valence-electron chi connectivity index (χ0n) is 14.0. The second-order valence-corrected chi connectivity index (χ2v) is 5.74. The molecule has 4 nitrogen and oxygen atoms in total. The Morgan fingerprint density at radius 2 is 1.83 bits per heavy atom. The molecule has 0 saturated heterocycles. The van der Waals surface area contributed by atoms with Crippen LogP contribution in [-0.4, -0.2) is 37.6 Å². The number of likely N-dealkylation sites (N-methyl/N-ethyl adjacent to an activating group) is 1. The third-order valence-electron chi connectivity index (χ3n) is 3.65. The van der Waals surface area contributed by atoms with Gasteiger partial charge >= 0.3 is 0 Å². The minimum absolute atomic E-state index is 0.0254. The molecule has 0 aliphatic carbocycles. The molecule has 0 spiro atoms. The normalized spacial score (nSPS) is 12.0. The molecule has 0 radical (unpaired) electrons. The van der Waals surface area contributed by atoms with Crippen molar-refractivity contribution >= 4 is 5.91 Å². The van der Waals surface area contributed by atoms with Gasteiger partial charge < -0.3 is 10.1 Å². The number of amides is 1. The molecule has 2 rings (SSSR count). The van der Waals surface area contributed by atoms with Crippen LogP contribution in [0.5, 0.6) is 5.75 Å². The summed E-state index contributed by atoms with van der Waals surface area (Å²) in [6.45, 7) is 3.29. The van der Waals surface area contributed by atoms with Gasteiger partial charge in [0, 0.05) is 6.54 Å². The molecule has 1 amide bonds. The van der Waals surface area contributed by atoms with Crippen molar-refractivity contribution < 1.29 is 13.9 Å². The number of nitrogens with one attached hydrogen (secondary N) is 1. The Balaban J connectivity index is 1.68. The molecule has 0 heterocycles. The summed E-state index contributed by atoms with van der Waals surface area (Å²) in [5.41, 5.74) is 1.08. The summed E-state index contributed by atoms with van der Waals surface area (Å²) in [5, 5.41) is 2.98. The first-order chi connectivity index (χ1) is 11.5. The van der Waals surface area contributed by atoms with Gasteiger partial charge in [0.15, 0.2) is 0 Å².